The molecule has 1 amide bonds. The fraction of sp³-hybridized carbons (Fsp3) is 0.444. The van der Waals surface area contributed by atoms with Crippen LogP contribution in [0.2, 0.25) is 5.02 Å². The molecule has 1 aliphatic rings. The van der Waals surface area contributed by atoms with Crippen molar-refractivity contribution in [3.8, 4) is 5.75 Å². The molecule has 1 unspecified atom stereocenters. The first-order valence-electron chi connectivity index (χ1n) is 11.9. The van der Waals surface area contributed by atoms with E-state index in [0.717, 1.165) is 23.1 Å². The number of nitrogens with zero attached hydrogens (tertiary/aromatic N) is 2. The van der Waals surface area contributed by atoms with E-state index >= 15 is 0 Å². The van der Waals surface area contributed by atoms with Gasteiger partial charge >= 0.3 is 0 Å². The fourth-order valence-corrected chi connectivity index (χ4v) is 4.59. The van der Waals surface area contributed by atoms with Crippen molar-refractivity contribution in [1.29, 1.82) is 0 Å². The average Bonchev–Trinajstić information content (AvgIpc) is 3.37. The van der Waals surface area contributed by atoms with Gasteiger partial charge in [0.25, 0.3) is 0 Å². The normalized spacial score (nSPS) is 13.9. The number of hydrogen-bond donors (Lipinski definition) is 3. The highest BCUT2D eigenvalue weighted by Gasteiger charge is 2.21. The quantitative estimate of drug-likeness (QED) is 0.133. The van der Waals surface area contributed by atoms with Gasteiger partial charge in [-0.15, -0.1) is 0 Å². The Kier molecular flexibility index (Phi) is 11.4. The van der Waals surface area contributed by atoms with E-state index in [-0.39, 0.29) is 18.1 Å². The highest BCUT2D eigenvalue weighted by molar-refractivity contribution is 6.31. The van der Waals surface area contributed by atoms with Crippen LogP contribution < -0.4 is 21.3 Å². The lowest BCUT2D eigenvalue weighted by Crippen LogP contribution is -2.26. The first-order chi connectivity index (χ1) is 17.1. The summed E-state index contributed by atoms with van der Waals surface area (Å²) in [6.45, 7) is 4.01. The van der Waals surface area contributed by atoms with Gasteiger partial charge in [0.15, 0.2) is 0 Å². The number of amides is 1. The number of aliphatic hydroxyl groups is 1. The maximum atomic E-state index is 11.0. The zero-order valence-electron chi connectivity index (χ0n) is 21.7. The number of hydrazine groups is 1. The predicted octanol–water partition coefficient (Wildman–Crippen LogP) is 5.00. The van der Waals surface area contributed by atoms with E-state index in [2.05, 4.69) is 6.58 Å². The molecule has 0 spiro atoms. The van der Waals surface area contributed by atoms with Crippen LogP contribution >= 0.6 is 11.6 Å². The van der Waals surface area contributed by atoms with Crippen LogP contribution in [0.15, 0.2) is 42.7 Å². The molecule has 0 radical (unpaired) electrons. The van der Waals surface area contributed by atoms with Crippen molar-refractivity contribution in [2.45, 2.75) is 50.7 Å². The van der Waals surface area contributed by atoms with Crippen molar-refractivity contribution < 1.29 is 19.4 Å². The minimum atomic E-state index is -0.251. The van der Waals surface area contributed by atoms with Gasteiger partial charge in [-0.25, -0.2) is 5.84 Å². The summed E-state index contributed by atoms with van der Waals surface area (Å²) < 4.78 is 10.6. The van der Waals surface area contributed by atoms with Crippen molar-refractivity contribution in [1.82, 2.24) is 4.90 Å². The van der Waals surface area contributed by atoms with Gasteiger partial charge in [-0.2, -0.15) is 0 Å². The van der Waals surface area contributed by atoms with Gasteiger partial charge in [0.1, 0.15) is 11.4 Å². The largest absolute Gasteiger partial charge is 0.513 e. The Morgan fingerprint density at radius 1 is 1.22 bits per heavy atom. The molecule has 0 bridgehead atoms. The third-order valence-electron chi connectivity index (χ3n) is 6.25. The molecule has 0 saturated heterocycles. The summed E-state index contributed by atoms with van der Waals surface area (Å²) in [4.78, 5) is 12.5. The minimum absolute atomic E-state index is 0.0362. The topological polar surface area (TPSA) is 114 Å². The number of hydrogen-bond acceptors (Lipinski definition) is 7. The highest BCUT2D eigenvalue weighted by atomic mass is 35.5. The molecule has 0 aromatic heterocycles. The molecular formula is C27H39ClN4O4. The van der Waals surface area contributed by atoms with Crippen molar-refractivity contribution in [3.63, 3.8) is 0 Å². The second-order valence-corrected chi connectivity index (χ2v) is 9.52. The van der Waals surface area contributed by atoms with Crippen LogP contribution in [0.5, 0.6) is 5.75 Å². The molecule has 2 aromatic rings. The van der Waals surface area contributed by atoms with Crippen LogP contribution in [0, 0.1) is 0 Å². The van der Waals surface area contributed by atoms with Crippen LogP contribution in [0.4, 0.5) is 11.4 Å². The Morgan fingerprint density at radius 3 is 2.39 bits per heavy atom. The third kappa shape index (κ3) is 8.05. The van der Waals surface area contributed by atoms with Crippen molar-refractivity contribution >= 4 is 29.4 Å². The smallest absolute Gasteiger partial charge is 0.209 e. The minimum Gasteiger partial charge on any atom is -0.513 e. The summed E-state index contributed by atoms with van der Waals surface area (Å²) in [6, 6.07) is 9.23. The number of allylic oxidation sites excluding steroid dienone is 1. The van der Waals surface area contributed by atoms with Crippen molar-refractivity contribution in [2.24, 2.45) is 5.84 Å². The van der Waals surface area contributed by atoms with Crippen LogP contribution in [0.1, 0.15) is 54.7 Å². The highest BCUT2D eigenvalue weighted by Crippen LogP contribution is 2.40. The lowest BCUT2D eigenvalue weighted by molar-refractivity contribution is -0.117. The fourth-order valence-electron chi connectivity index (χ4n) is 4.41. The number of nitrogens with two attached hydrogens (primary N) is 2. The molecule has 1 atom stereocenters. The summed E-state index contributed by atoms with van der Waals surface area (Å²) in [6.07, 6.45) is 6.94. The lowest BCUT2D eigenvalue weighted by atomic mass is 9.86. The molecule has 9 heteroatoms. The van der Waals surface area contributed by atoms with E-state index < -0.39 is 0 Å². The van der Waals surface area contributed by atoms with Gasteiger partial charge in [-0.05, 0) is 47.7 Å². The number of nitrogen functional groups attached to an aromatic ring is 1. The van der Waals surface area contributed by atoms with Crippen LogP contribution in [0.25, 0.3) is 0 Å². The summed E-state index contributed by atoms with van der Waals surface area (Å²) in [5.74, 6) is 6.18. The standard InChI is InChI=1S/C21H27ClN4O3.C6H12O/c1-13(28)7-17(14-5-6-18(22)16(8-14)11-25(2)12-27)15-9-19(23)21(26(3)24)20(10-15)29-4;1-7-6-4-2-3-5-6/h5-6,8-10,12,17,28H,1,7,11,23-24H2,2-4H3;6H,2-5H2,1H3. The summed E-state index contributed by atoms with van der Waals surface area (Å²) in [7, 11) is 6.70. The predicted molar refractivity (Wildman–Crippen MR) is 146 cm³/mol. The number of aliphatic hydroxyl groups excluding tert-OH is 1. The van der Waals surface area contributed by atoms with Gasteiger partial charge in [0.2, 0.25) is 6.41 Å². The number of rotatable bonds is 10. The number of carbonyl (C=O) groups is 1. The van der Waals surface area contributed by atoms with Crippen LogP contribution in [-0.2, 0) is 16.1 Å². The molecule has 36 heavy (non-hydrogen) atoms. The van der Waals surface area contributed by atoms with Crippen molar-refractivity contribution in [2.75, 3.05) is 39.1 Å². The average molecular weight is 519 g/mol. The number of ether oxygens (including phenoxy) is 2. The van der Waals surface area contributed by atoms with Crippen LogP contribution in [0.3, 0.4) is 0 Å². The Morgan fingerprint density at radius 2 is 1.89 bits per heavy atom. The molecule has 198 valence electrons. The summed E-state index contributed by atoms with van der Waals surface area (Å²) in [5.41, 5.74) is 9.78. The van der Waals surface area contributed by atoms with Gasteiger partial charge in [0, 0.05) is 45.1 Å². The summed E-state index contributed by atoms with van der Waals surface area (Å²) in [5, 5.41) is 11.9. The molecule has 8 nitrogen and oxygen atoms in total. The second-order valence-electron chi connectivity index (χ2n) is 9.11. The number of methoxy groups -OCH3 is 2. The van der Waals surface area contributed by atoms with Gasteiger partial charge in [-0.3, -0.25) is 4.79 Å². The number of carbonyl (C=O) groups excluding carboxylic acids is 1. The Bertz CT molecular complexity index is 1030. The molecule has 1 saturated carbocycles. The monoisotopic (exact) mass is 518 g/mol. The van der Waals surface area contributed by atoms with Gasteiger partial charge in [-0.1, -0.05) is 43.2 Å². The molecule has 5 N–H and O–H groups in total. The molecule has 2 aromatic carbocycles. The molecule has 1 fully saturated rings. The van der Waals surface area contributed by atoms with E-state index in [9.17, 15) is 9.90 Å². The maximum Gasteiger partial charge on any atom is 0.209 e. The Hall–Kier alpha value is -2.94. The van der Waals surface area contributed by atoms with E-state index in [0.29, 0.717) is 34.8 Å². The van der Waals surface area contributed by atoms with E-state index in [1.807, 2.05) is 18.2 Å². The zero-order chi connectivity index (χ0) is 26.8. The Balaban J connectivity index is 0.000000558. The Labute approximate surface area is 219 Å². The molecule has 3 rings (SSSR count). The number of benzene rings is 2. The number of anilines is 2. The van der Waals surface area contributed by atoms with Crippen molar-refractivity contribution in [3.05, 3.63) is 64.4 Å². The molecular weight excluding hydrogens is 480 g/mol. The maximum absolute atomic E-state index is 11.0. The first-order valence-corrected chi connectivity index (χ1v) is 12.3. The second kappa shape index (κ2) is 14.0. The van der Waals surface area contributed by atoms with E-state index in [1.54, 1.807) is 40.4 Å². The third-order valence-corrected chi connectivity index (χ3v) is 6.62. The first kappa shape index (κ1) is 29.3. The van der Waals surface area contributed by atoms with Gasteiger partial charge < -0.3 is 30.2 Å². The molecule has 1 aliphatic carbocycles. The van der Waals surface area contributed by atoms with E-state index in [1.165, 1.54) is 35.6 Å². The van der Waals surface area contributed by atoms with E-state index in [4.69, 9.17) is 32.7 Å². The SMILES string of the molecule is C=C(O)CC(c1ccc(Cl)c(CN(C)C=O)c1)c1cc(N)c(N(C)N)c(OC)c1.COC1CCCC1. The zero-order valence-corrected chi connectivity index (χ0v) is 22.4. The van der Waals surface area contributed by atoms with Crippen LogP contribution in [-0.4, -0.2) is 50.8 Å². The molecule has 0 heterocycles. The summed E-state index contributed by atoms with van der Waals surface area (Å²) >= 11 is 6.31. The lowest BCUT2D eigenvalue weighted by Gasteiger charge is -2.24. The van der Waals surface area contributed by atoms with Gasteiger partial charge in [0.05, 0.1) is 24.7 Å². The number of halogens is 1. The molecule has 0 aliphatic heterocycles.